The van der Waals surface area contributed by atoms with Crippen LogP contribution in [0.5, 0.6) is 0 Å². The molecule has 2 rings (SSSR count). The zero-order chi connectivity index (χ0) is 20.0. The first-order valence-corrected chi connectivity index (χ1v) is 9.55. The molecule has 142 valence electrons. The number of nitrogens with one attached hydrogen (secondary N) is 1. The molecule has 0 saturated heterocycles. The first-order chi connectivity index (χ1) is 12.8. The van der Waals surface area contributed by atoms with Crippen LogP contribution in [0.1, 0.15) is 34.0 Å². The first kappa shape index (κ1) is 21.2. The van der Waals surface area contributed by atoms with E-state index >= 15 is 0 Å². The minimum absolute atomic E-state index is 0.149. The molecular weight excluding hydrogens is 409 g/mol. The van der Waals surface area contributed by atoms with Crippen LogP contribution in [0.4, 0.5) is 0 Å². The topological polar surface area (TPSA) is 72.5 Å². The number of carbonyl (C=O) groups is 3. The summed E-state index contributed by atoms with van der Waals surface area (Å²) in [6.45, 7) is 3.27. The molecule has 0 bridgehead atoms. The van der Waals surface area contributed by atoms with Crippen LogP contribution < -0.4 is 5.32 Å². The van der Waals surface area contributed by atoms with Crippen LogP contribution in [0.2, 0.25) is 10.0 Å². The minimum Gasteiger partial charge on any atom is -0.451 e. The summed E-state index contributed by atoms with van der Waals surface area (Å²) in [5.41, 5.74) is 0.498. The van der Waals surface area contributed by atoms with Crippen molar-refractivity contribution in [1.29, 1.82) is 0 Å². The number of ether oxygens (including phenoxy) is 1. The lowest BCUT2D eigenvalue weighted by Crippen LogP contribution is -2.22. The quantitative estimate of drug-likeness (QED) is 0.402. The number of thiophene rings is 1. The number of hydrogen-bond donors (Lipinski definition) is 1. The van der Waals surface area contributed by atoms with Gasteiger partial charge in [0.2, 0.25) is 11.7 Å². The average molecular weight is 426 g/mol. The van der Waals surface area contributed by atoms with E-state index in [1.54, 1.807) is 30.3 Å². The molecule has 27 heavy (non-hydrogen) atoms. The van der Waals surface area contributed by atoms with Crippen LogP contribution >= 0.6 is 34.5 Å². The largest absolute Gasteiger partial charge is 0.451 e. The molecule has 1 unspecified atom stereocenters. The lowest BCUT2D eigenvalue weighted by Gasteiger charge is -2.09. The summed E-state index contributed by atoms with van der Waals surface area (Å²) >= 11 is 13.3. The van der Waals surface area contributed by atoms with E-state index in [2.05, 4.69) is 5.32 Å². The fourth-order valence-electron chi connectivity index (χ4n) is 2.11. The van der Waals surface area contributed by atoms with Gasteiger partial charge in [-0.1, -0.05) is 29.3 Å². The van der Waals surface area contributed by atoms with Crippen molar-refractivity contribution in [3.8, 4) is 0 Å². The van der Waals surface area contributed by atoms with Gasteiger partial charge in [-0.05, 0) is 37.3 Å². The molecule has 1 atom stereocenters. The van der Waals surface area contributed by atoms with Gasteiger partial charge in [-0.3, -0.25) is 9.59 Å². The molecule has 0 saturated carbocycles. The fraction of sp³-hybridized carbons (Fsp3) is 0.211. The molecule has 1 aromatic heterocycles. The van der Waals surface area contributed by atoms with E-state index < -0.39 is 12.1 Å². The zero-order valence-electron chi connectivity index (χ0n) is 14.6. The summed E-state index contributed by atoms with van der Waals surface area (Å²) in [6.07, 6.45) is 1.67. The van der Waals surface area contributed by atoms with Gasteiger partial charge >= 0.3 is 5.97 Å². The van der Waals surface area contributed by atoms with Gasteiger partial charge in [0.05, 0.1) is 11.4 Å². The van der Waals surface area contributed by atoms with E-state index in [-0.39, 0.29) is 11.7 Å². The van der Waals surface area contributed by atoms with Crippen LogP contribution in [0.15, 0.2) is 36.4 Å². The third kappa shape index (κ3) is 6.20. The lowest BCUT2D eigenvalue weighted by atomic mass is 10.2. The molecular formula is C19H17Cl2NO4S. The third-order valence-electron chi connectivity index (χ3n) is 3.46. The van der Waals surface area contributed by atoms with Crippen LogP contribution in [0.3, 0.4) is 0 Å². The average Bonchev–Trinajstić information content (AvgIpc) is 3.07. The highest BCUT2D eigenvalue weighted by atomic mass is 35.5. The second kappa shape index (κ2) is 9.69. The molecule has 0 radical (unpaired) electrons. The summed E-state index contributed by atoms with van der Waals surface area (Å²) in [4.78, 5) is 36.6. The number of halogens is 2. The normalized spacial score (nSPS) is 12.0. The van der Waals surface area contributed by atoms with Gasteiger partial charge in [0.15, 0.2) is 6.10 Å². The number of hydrogen-bond acceptors (Lipinski definition) is 5. The molecule has 8 heteroatoms. The van der Waals surface area contributed by atoms with Gasteiger partial charge in [0.25, 0.3) is 0 Å². The van der Waals surface area contributed by atoms with Crippen molar-refractivity contribution < 1.29 is 19.1 Å². The van der Waals surface area contributed by atoms with E-state index in [9.17, 15) is 14.4 Å². The first-order valence-electron chi connectivity index (χ1n) is 7.98. The second-order valence-electron chi connectivity index (χ2n) is 5.59. The standard InChI is InChI=1S/C19H17Cl2NO4S/c1-11(19(25)17-8-6-13(27-17)10-22-12(2)23)26-18(24)9-7-14-15(20)4-3-5-16(14)21/h3-9,11H,10H2,1-2H3,(H,22,23)/b9-7+. The Kier molecular flexibility index (Phi) is 7.59. The van der Waals surface area contributed by atoms with Crippen molar-refractivity contribution in [3.63, 3.8) is 0 Å². The Bertz CT molecular complexity index is 871. The van der Waals surface area contributed by atoms with Crippen molar-refractivity contribution in [1.82, 2.24) is 5.32 Å². The van der Waals surface area contributed by atoms with Crippen LogP contribution in [-0.2, 0) is 20.9 Å². The minimum atomic E-state index is -0.948. The number of carbonyl (C=O) groups excluding carboxylic acids is 3. The van der Waals surface area contributed by atoms with E-state index in [1.165, 1.54) is 37.3 Å². The van der Waals surface area contributed by atoms with Gasteiger partial charge in [-0.2, -0.15) is 0 Å². The maximum Gasteiger partial charge on any atom is 0.331 e. The molecule has 1 heterocycles. The Labute approximate surface area is 170 Å². The predicted molar refractivity (Wildman–Crippen MR) is 107 cm³/mol. The maximum absolute atomic E-state index is 12.4. The second-order valence-corrected chi connectivity index (χ2v) is 7.57. The number of amides is 1. The highest BCUT2D eigenvalue weighted by Crippen LogP contribution is 2.25. The van der Waals surface area contributed by atoms with Crippen LogP contribution in [0, 0.1) is 0 Å². The van der Waals surface area contributed by atoms with Crippen molar-refractivity contribution in [3.05, 3.63) is 61.8 Å². The number of rotatable bonds is 7. The van der Waals surface area contributed by atoms with Gasteiger partial charge in [-0.25, -0.2) is 4.79 Å². The van der Waals surface area contributed by atoms with Gasteiger partial charge in [0, 0.05) is 33.5 Å². The van der Waals surface area contributed by atoms with Crippen molar-refractivity contribution in [2.45, 2.75) is 26.5 Å². The summed E-state index contributed by atoms with van der Waals surface area (Å²) in [6, 6.07) is 8.40. The van der Waals surface area contributed by atoms with Crippen molar-refractivity contribution in [2.75, 3.05) is 0 Å². The Morgan fingerprint density at radius 2 is 1.85 bits per heavy atom. The molecule has 0 aliphatic heterocycles. The number of Topliss-reactive ketones (excluding diaryl/α,β-unsaturated/α-hetero) is 1. The molecule has 1 N–H and O–H groups in total. The molecule has 5 nitrogen and oxygen atoms in total. The lowest BCUT2D eigenvalue weighted by molar-refractivity contribution is -0.140. The van der Waals surface area contributed by atoms with Gasteiger partial charge in [0.1, 0.15) is 0 Å². The Morgan fingerprint density at radius 3 is 2.48 bits per heavy atom. The van der Waals surface area contributed by atoms with E-state index in [4.69, 9.17) is 27.9 Å². The monoisotopic (exact) mass is 425 g/mol. The van der Waals surface area contributed by atoms with Gasteiger partial charge in [-0.15, -0.1) is 11.3 Å². The molecule has 1 aromatic carbocycles. The Balaban J connectivity index is 1.96. The fourth-order valence-corrected chi connectivity index (χ4v) is 3.59. The highest BCUT2D eigenvalue weighted by Gasteiger charge is 2.20. The predicted octanol–water partition coefficient (Wildman–Crippen LogP) is 4.52. The summed E-state index contributed by atoms with van der Waals surface area (Å²) in [7, 11) is 0. The number of benzene rings is 1. The van der Waals surface area contributed by atoms with Crippen molar-refractivity contribution >= 4 is 58.3 Å². The van der Waals surface area contributed by atoms with Gasteiger partial charge < -0.3 is 10.1 Å². The van der Waals surface area contributed by atoms with E-state index in [0.717, 1.165) is 4.88 Å². The van der Waals surface area contributed by atoms with Crippen LogP contribution in [0.25, 0.3) is 6.08 Å². The molecule has 0 aliphatic rings. The molecule has 0 fully saturated rings. The highest BCUT2D eigenvalue weighted by molar-refractivity contribution is 7.14. The summed E-state index contributed by atoms with van der Waals surface area (Å²) in [5, 5.41) is 3.47. The Morgan fingerprint density at radius 1 is 1.19 bits per heavy atom. The Hall–Kier alpha value is -2.15. The number of ketones is 1. The van der Waals surface area contributed by atoms with Crippen molar-refractivity contribution in [2.24, 2.45) is 0 Å². The molecule has 0 spiro atoms. The zero-order valence-corrected chi connectivity index (χ0v) is 17.0. The molecule has 2 aromatic rings. The van der Waals surface area contributed by atoms with Crippen LogP contribution in [-0.4, -0.2) is 23.8 Å². The smallest absolute Gasteiger partial charge is 0.331 e. The molecule has 1 amide bonds. The molecule has 0 aliphatic carbocycles. The SMILES string of the molecule is CC(=O)NCc1ccc(C(=O)C(C)OC(=O)/C=C/c2c(Cl)cccc2Cl)s1. The van der Waals surface area contributed by atoms with E-state index in [0.29, 0.717) is 27.0 Å². The summed E-state index contributed by atoms with van der Waals surface area (Å²) in [5.74, 6) is -1.14. The van der Waals surface area contributed by atoms with E-state index in [1.807, 2.05) is 0 Å². The maximum atomic E-state index is 12.4. The summed E-state index contributed by atoms with van der Waals surface area (Å²) < 4.78 is 5.15. The number of esters is 1. The third-order valence-corrected chi connectivity index (χ3v) is 5.22.